The van der Waals surface area contributed by atoms with E-state index in [0.29, 0.717) is 16.4 Å². The predicted octanol–water partition coefficient (Wildman–Crippen LogP) is 4.05. The third-order valence-electron chi connectivity index (χ3n) is 2.46. The Bertz CT molecular complexity index is 714. The van der Waals surface area contributed by atoms with E-state index in [2.05, 4.69) is 21.6 Å². The molecule has 120 valence electrons. The lowest BCUT2D eigenvalue weighted by molar-refractivity contribution is 0.0636. The van der Waals surface area contributed by atoms with Crippen LogP contribution < -0.4 is 5.32 Å². The molecule has 0 atom stereocenters. The lowest BCUT2D eigenvalue weighted by atomic mass is 10.2. The normalized spacial score (nSPS) is 10.9. The number of aromatic nitrogens is 2. The number of carbonyl (C=O) groups excluding carboxylic acids is 1. The summed E-state index contributed by atoms with van der Waals surface area (Å²) in [6.07, 6.45) is -0.544. The van der Waals surface area contributed by atoms with Crippen molar-refractivity contribution in [3.8, 4) is 6.07 Å². The first-order valence-corrected chi connectivity index (χ1v) is 8.61. The monoisotopic (exact) mass is 348 g/mol. The Morgan fingerprint density at radius 2 is 2.04 bits per heavy atom. The van der Waals surface area contributed by atoms with Crippen molar-refractivity contribution in [3.05, 3.63) is 35.4 Å². The molecule has 6 nitrogen and oxygen atoms in total. The van der Waals surface area contributed by atoms with Gasteiger partial charge < -0.3 is 4.74 Å². The van der Waals surface area contributed by atoms with E-state index >= 15 is 0 Å². The summed E-state index contributed by atoms with van der Waals surface area (Å²) in [6, 6.07) is 9.47. The molecular weight excluding hydrogens is 332 g/mol. The highest BCUT2D eigenvalue weighted by atomic mass is 32.2. The minimum absolute atomic E-state index is 0.404. The number of anilines is 1. The summed E-state index contributed by atoms with van der Waals surface area (Å²) in [7, 11) is 0. The first kappa shape index (κ1) is 17.2. The Balaban J connectivity index is 1.87. The van der Waals surface area contributed by atoms with E-state index in [1.807, 2.05) is 12.1 Å². The van der Waals surface area contributed by atoms with Gasteiger partial charge in [0, 0.05) is 5.75 Å². The number of amides is 1. The zero-order chi connectivity index (χ0) is 16.9. The van der Waals surface area contributed by atoms with Gasteiger partial charge in [-0.1, -0.05) is 35.2 Å². The third-order valence-corrected chi connectivity index (χ3v) is 4.50. The summed E-state index contributed by atoms with van der Waals surface area (Å²) >= 11 is 2.81. The minimum Gasteiger partial charge on any atom is -0.444 e. The second-order valence-electron chi connectivity index (χ2n) is 5.60. The number of benzene rings is 1. The van der Waals surface area contributed by atoms with E-state index in [0.717, 1.165) is 9.90 Å². The molecule has 0 fully saturated rings. The van der Waals surface area contributed by atoms with Gasteiger partial charge in [0.1, 0.15) is 5.60 Å². The van der Waals surface area contributed by atoms with Gasteiger partial charge in [-0.25, -0.2) is 4.79 Å². The van der Waals surface area contributed by atoms with Crippen molar-refractivity contribution in [1.29, 1.82) is 5.26 Å². The van der Waals surface area contributed by atoms with Crippen molar-refractivity contribution in [2.45, 2.75) is 36.5 Å². The van der Waals surface area contributed by atoms with E-state index in [-0.39, 0.29) is 0 Å². The number of thioether (sulfide) groups is 1. The molecule has 1 heterocycles. The van der Waals surface area contributed by atoms with Crippen LogP contribution in [-0.2, 0) is 10.5 Å². The SMILES string of the molecule is CC(C)(C)OC(=O)Nc1nnc(SCc2ccc(C#N)cc2)s1. The number of nitriles is 1. The van der Waals surface area contributed by atoms with E-state index in [9.17, 15) is 4.79 Å². The molecular formula is C15H16N4O2S2. The molecule has 0 bridgehead atoms. The number of carbonyl (C=O) groups is 1. The second kappa shape index (κ2) is 7.44. The van der Waals surface area contributed by atoms with Crippen LogP contribution in [0.25, 0.3) is 0 Å². The van der Waals surface area contributed by atoms with Gasteiger partial charge >= 0.3 is 6.09 Å². The van der Waals surface area contributed by atoms with Crippen LogP contribution >= 0.6 is 23.1 Å². The minimum atomic E-state index is -0.554. The molecule has 8 heteroatoms. The highest BCUT2D eigenvalue weighted by molar-refractivity contribution is 8.00. The molecule has 2 aromatic rings. The molecule has 0 unspecified atom stereocenters. The summed E-state index contributed by atoms with van der Waals surface area (Å²) in [5.41, 5.74) is 1.17. The van der Waals surface area contributed by atoms with Crippen LogP contribution in [0.4, 0.5) is 9.93 Å². The van der Waals surface area contributed by atoms with Gasteiger partial charge in [-0.2, -0.15) is 5.26 Å². The standard InChI is InChI=1S/C15H16N4O2S2/c1-15(2,3)21-13(20)17-12-18-19-14(23-12)22-9-11-6-4-10(8-16)5-7-11/h4-7H,9H2,1-3H3,(H,17,18,20). The van der Waals surface area contributed by atoms with E-state index in [1.54, 1.807) is 32.9 Å². The number of ether oxygens (including phenoxy) is 1. The van der Waals surface area contributed by atoms with Gasteiger partial charge in [0.15, 0.2) is 4.34 Å². The molecule has 0 saturated carbocycles. The van der Waals surface area contributed by atoms with Crippen LogP contribution in [0.1, 0.15) is 31.9 Å². The first-order valence-electron chi connectivity index (χ1n) is 6.81. The molecule has 2 rings (SSSR count). The van der Waals surface area contributed by atoms with E-state index in [1.165, 1.54) is 23.1 Å². The Hall–Kier alpha value is -2.11. The predicted molar refractivity (Wildman–Crippen MR) is 90.5 cm³/mol. The van der Waals surface area contributed by atoms with Crippen molar-refractivity contribution < 1.29 is 9.53 Å². The molecule has 0 saturated heterocycles. The maximum absolute atomic E-state index is 11.6. The topological polar surface area (TPSA) is 87.9 Å². The van der Waals surface area contributed by atoms with Crippen LogP contribution in [-0.4, -0.2) is 21.9 Å². The van der Waals surface area contributed by atoms with Crippen molar-refractivity contribution in [3.63, 3.8) is 0 Å². The van der Waals surface area contributed by atoms with Crippen molar-refractivity contribution in [2.24, 2.45) is 0 Å². The molecule has 0 aliphatic heterocycles. The largest absolute Gasteiger partial charge is 0.444 e. The zero-order valence-corrected chi connectivity index (χ0v) is 14.6. The van der Waals surface area contributed by atoms with Gasteiger partial charge in [-0.15, -0.1) is 10.2 Å². The lowest BCUT2D eigenvalue weighted by Crippen LogP contribution is -2.27. The van der Waals surface area contributed by atoms with Crippen molar-refractivity contribution >= 4 is 34.3 Å². The highest BCUT2D eigenvalue weighted by Gasteiger charge is 2.17. The van der Waals surface area contributed by atoms with E-state index in [4.69, 9.17) is 10.00 Å². The third kappa shape index (κ3) is 5.88. The zero-order valence-electron chi connectivity index (χ0n) is 13.0. The Morgan fingerprint density at radius 1 is 1.35 bits per heavy atom. The maximum atomic E-state index is 11.6. The molecule has 0 aliphatic rings. The number of hydrogen-bond acceptors (Lipinski definition) is 7. The van der Waals surface area contributed by atoms with Gasteiger partial charge in [0.2, 0.25) is 5.13 Å². The molecule has 23 heavy (non-hydrogen) atoms. The maximum Gasteiger partial charge on any atom is 0.414 e. The number of nitrogens with one attached hydrogen (secondary N) is 1. The lowest BCUT2D eigenvalue weighted by Gasteiger charge is -2.18. The van der Waals surface area contributed by atoms with Gasteiger partial charge in [-0.05, 0) is 38.5 Å². The fourth-order valence-electron chi connectivity index (χ4n) is 1.53. The molecule has 0 aliphatic carbocycles. The summed E-state index contributed by atoms with van der Waals surface area (Å²) < 4.78 is 5.91. The average Bonchev–Trinajstić information content (AvgIpc) is 2.91. The molecule has 0 spiro atoms. The molecule has 1 aromatic carbocycles. The van der Waals surface area contributed by atoms with Crippen LogP contribution in [0.3, 0.4) is 0 Å². The quantitative estimate of drug-likeness (QED) is 0.662. The van der Waals surface area contributed by atoms with Gasteiger partial charge in [0.25, 0.3) is 0 Å². The molecule has 1 N–H and O–H groups in total. The smallest absolute Gasteiger partial charge is 0.414 e. The summed E-state index contributed by atoms with van der Waals surface area (Å²) in [5.74, 6) is 0.715. The molecule has 0 radical (unpaired) electrons. The second-order valence-corrected chi connectivity index (χ2v) is 7.80. The van der Waals surface area contributed by atoms with Gasteiger partial charge in [-0.3, -0.25) is 5.32 Å². The fraction of sp³-hybridized carbons (Fsp3) is 0.333. The Kier molecular flexibility index (Phi) is 5.58. The van der Waals surface area contributed by atoms with Crippen LogP contribution in [0.15, 0.2) is 28.6 Å². The number of hydrogen-bond donors (Lipinski definition) is 1. The summed E-state index contributed by atoms with van der Waals surface area (Å²) in [6.45, 7) is 5.39. The van der Waals surface area contributed by atoms with Crippen molar-refractivity contribution in [1.82, 2.24) is 10.2 Å². The summed E-state index contributed by atoms with van der Waals surface area (Å²) in [4.78, 5) is 11.6. The number of nitrogens with zero attached hydrogens (tertiary/aromatic N) is 3. The number of rotatable bonds is 4. The van der Waals surface area contributed by atoms with Crippen LogP contribution in [0.5, 0.6) is 0 Å². The highest BCUT2D eigenvalue weighted by Crippen LogP contribution is 2.28. The van der Waals surface area contributed by atoms with Gasteiger partial charge in [0.05, 0.1) is 11.6 Å². The van der Waals surface area contributed by atoms with E-state index < -0.39 is 11.7 Å². The Labute approximate surface area is 142 Å². The fourth-order valence-corrected chi connectivity index (χ4v) is 3.22. The Morgan fingerprint density at radius 3 is 2.65 bits per heavy atom. The average molecular weight is 348 g/mol. The van der Waals surface area contributed by atoms with Crippen LogP contribution in [0, 0.1) is 11.3 Å². The van der Waals surface area contributed by atoms with Crippen molar-refractivity contribution in [2.75, 3.05) is 5.32 Å². The molecule has 1 aromatic heterocycles. The molecule has 1 amide bonds. The first-order chi connectivity index (χ1) is 10.9. The van der Waals surface area contributed by atoms with Crippen LogP contribution in [0.2, 0.25) is 0 Å². The summed E-state index contributed by atoms with van der Waals surface area (Å²) in [5, 5.41) is 19.7.